The summed E-state index contributed by atoms with van der Waals surface area (Å²) in [6, 6.07) is 1.52. The summed E-state index contributed by atoms with van der Waals surface area (Å²) in [5.74, 6) is 0.594. The van der Waals surface area contributed by atoms with Gasteiger partial charge in [0.25, 0.3) is 0 Å². The second-order valence-corrected chi connectivity index (χ2v) is 4.72. The van der Waals surface area contributed by atoms with Crippen molar-refractivity contribution in [3.63, 3.8) is 0 Å². The molecule has 2 rings (SSSR count). The van der Waals surface area contributed by atoms with Crippen molar-refractivity contribution in [2.75, 3.05) is 37.6 Å². The van der Waals surface area contributed by atoms with Crippen molar-refractivity contribution < 1.29 is 4.39 Å². The maximum atomic E-state index is 13.0. The van der Waals surface area contributed by atoms with Crippen molar-refractivity contribution in [2.24, 2.45) is 5.73 Å². The highest BCUT2D eigenvalue weighted by atomic mass is 19.1. The molecule has 1 aliphatic heterocycles. The Hall–Kier alpha value is -1.62. The molecule has 98 valence electrons. The molecular formula is C13H19FN4. The highest BCUT2D eigenvalue weighted by Gasteiger charge is 2.19. The van der Waals surface area contributed by atoms with Gasteiger partial charge in [0.1, 0.15) is 11.6 Å². The van der Waals surface area contributed by atoms with Gasteiger partial charge in [-0.15, -0.1) is 0 Å². The minimum atomic E-state index is -0.283. The maximum Gasteiger partial charge on any atom is 0.141 e. The molecule has 0 spiro atoms. The molecule has 5 heteroatoms. The van der Waals surface area contributed by atoms with Crippen LogP contribution in [0.3, 0.4) is 0 Å². The van der Waals surface area contributed by atoms with E-state index in [1.165, 1.54) is 12.3 Å². The average Bonchev–Trinajstić information content (AvgIpc) is 2.30. The average molecular weight is 250 g/mol. The van der Waals surface area contributed by atoms with E-state index in [0.717, 1.165) is 44.1 Å². The molecule has 1 aliphatic rings. The number of pyridine rings is 1. The number of anilines is 1. The van der Waals surface area contributed by atoms with E-state index in [2.05, 4.69) is 21.4 Å². The number of aromatic nitrogens is 1. The van der Waals surface area contributed by atoms with Crippen LogP contribution in [0.15, 0.2) is 24.5 Å². The Morgan fingerprint density at radius 2 is 2.11 bits per heavy atom. The van der Waals surface area contributed by atoms with E-state index in [1.54, 1.807) is 0 Å². The Balaban J connectivity index is 1.99. The summed E-state index contributed by atoms with van der Waals surface area (Å²) in [5.41, 5.74) is 7.18. The topological polar surface area (TPSA) is 45.4 Å². The van der Waals surface area contributed by atoms with Crippen LogP contribution < -0.4 is 10.6 Å². The van der Waals surface area contributed by atoms with Gasteiger partial charge in [-0.25, -0.2) is 9.37 Å². The first-order chi connectivity index (χ1) is 8.56. The lowest BCUT2D eigenvalue weighted by molar-refractivity contribution is 0.277. The molecule has 18 heavy (non-hydrogen) atoms. The van der Waals surface area contributed by atoms with Crippen LogP contribution in [0, 0.1) is 12.7 Å². The van der Waals surface area contributed by atoms with Crippen LogP contribution in [0.4, 0.5) is 10.2 Å². The number of halogens is 1. The van der Waals surface area contributed by atoms with Crippen LogP contribution >= 0.6 is 0 Å². The normalized spacial score (nSPS) is 16.9. The van der Waals surface area contributed by atoms with Gasteiger partial charge in [0.15, 0.2) is 0 Å². The summed E-state index contributed by atoms with van der Waals surface area (Å²) in [6.45, 7) is 9.96. The monoisotopic (exact) mass is 250 g/mol. The Labute approximate surface area is 107 Å². The number of hydrogen-bond donors (Lipinski definition) is 1. The molecule has 0 radical (unpaired) electrons. The zero-order chi connectivity index (χ0) is 13.1. The first kappa shape index (κ1) is 12.8. The zero-order valence-electron chi connectivity index (χ0n) is 10.7. The second-order valence-electron chi connectivity index (χ2n) is 4.72. The Morgan fingerprint density at radius 1 is 1.44 bits per heavy atom. The van der Waals surface area contributed by atoms with Gasteiger partial charge in [-0.3, -0.25) is 4.90 Å². The van der Waals surface area contributed by atoms with Crippen molar-refractivity contribution in [1.82, 2.24) is 9.88 Å². The molecular weight excluding hydrogens is 231 g/mol. The number of hydrogen-bond acceptors (Lipinski definition) is 4. The third-order valence-electron chi connectivity index (χ3n) is 3.12. The molecule has 1 aromatic heterocycles. The summed E-state index contributed by atoms with van der Waals surface area (Å²) < 4.78 is 13.0. The Bertz CT molecular complexity index is 439. The van der Waals surface area contributed by atoms with Gasteiger partial charge in [0.05, 0.1) is 6.20 Å². The lowest BCUT2D eigenvalue weighted by Crippen LogP contribution is -2.47. The third kappa shape index (κ3) is 2.98. The molecule has 0 bridgehead atoms. The standard InChI is InChI=1S/C13H19FN4/c1-10-7-12(14)8-16-13(10)18-5-3-17(4-6-18)9-11(2)15/h7-8H,2-6,9,15H2,1H3. The molecule has 0 unspecified atom stereocenters. The van der Waals surface area contributed by atoms with E-state index in [-0.39, 0.29) is 5.82 Å². The molecule has 0 atom stereocenters. The smallest absolute Gasteiger partial charge is 0.141 e. The maximum absolute atomic E-state index is 13.0. The summed E-state index contributed by atoms with van der Waals surface area (Å²) in [4.78, 5) is 8.62. The largest absolute Gasteiger partial charge is 0.401 e. The molecule has 0 amide bonds. The number of nitrogens with two attached hydrogens (primary N) is 1. The molecule has 2 N–H and O–H groups in total. The summed E-state index contributed by atoms with van der Waals surface area (Å²) in [5, 5.41) is 0. The molecule has 1 saturated heterocycles. The fraction of sp³-hybridized carbons (Fsp3) is 0.462. The van der Waals surface area contributed by atoms with Gasteiger partial charge in [-0.1, -0.05) is 6.58 Å². The minimum Gasteiger partial charge on any atom is -0.401 e. The predicted octanol–water partition coefficient (Wildman–Crippen LogP) is 1.12. The van der Waals surface area contributed by atoms with E-state index in [4.69, 9.17) is 5.73 Å². The first-order valence-electron chi connectivity index (χ1n) is 6.09. The quantitative estimate of drug-likeness (QED) is 0.873. The Morgan fingerprint density at radius 3 is 2.67 bits per heavy atom. The lowest BCUT2D eigenvalue weighted by atomic mass is 10.2. The van der Waals surface area contributed by atoms with E-state index in [9.17, 15) is 4.39 Å². The van der Waals surface area contributed by atoms with Crippen molar-refractivity contribution in [3.8, 4) is 0 Å². The molecule has 1 aromatic rings. The van der Waals surface area contributed by atoms with Crippen molar-refractivity contribution in [1.29, 1.82) is 0 Å². The molecule has 0 aromatic carbocycles. The van der Waals surface area contributed by atoms with Gasteiger partial charge in [0.2, 0.25) is 0 Å². The van der Waals surface area contributed by atoms with Gasteiger partial charge in [-0.05, 0) is 18.6 Å². The van der Waals surface area contributed by atoms with Crippen LogP contribution in [0.25, 0.3) is 0 Å². The van der Waals surface area contributed by atoms with Crippen molar-refractivity contribution >= 4 is 5.82 Å². The third-order valence-corrected chi connectivity index (χ3v) is 3.12. The minimum absolute atomic E-state index is 0.283. The van der Waals surface area contributed by atoms with Crippen LogP contribution in [0.1, 0.15) is 5.56 Å². The molecule has 1 fully saturated rings. The van der Waals surface area contributed by atoms with Crippen molar-refractivity contribution in [2.45, 2.75) is 6.92 Å². The number of rotatable bonds is 3. The second kappa shape index (κ2) is 5.35. The van der Waals surface area contributed by atoms with Gasteiger partial charge in [0, 0.05) is 38.4 Å². The van der Waals surface area contributed by atoms with E-state index in [0.29, 0.717) is 5.70 Å². The van der Waals surface area contributed by atoms with E-state index >= 15 is 0 Å². The van der Waals surface area contributed by atoms with E-state index in [1.807, 2.05) is 6.92 Å². The van der Waals surface area contributed by atoms with Gasteiger partial charge < -0.3 is 10.6 Å². The van der Waals surface area contributed by atoms with Gasteiger partial charge in [-0.2, -0.15) is 0 Å². The number of piperazine rings is 1. The predicted molar refractivity (Wildman–Crippen MR) is 70.9 cm³/mol. The van der Waals surface area contributed by atoms with Crippen LogP contribution in [0.2, 0.25) is 0 Å². The molecule has 0 saturated carbocycles. The number of nitrogens with zero attached hydrogens (tertiary/aromatic N) is 3. The highest BCUT2D eigenvalue weighted by Crippen LogP contribution is 2.19. The summed E-state index contributed by atoms with van der Waals surface area (Å²) >= 11 is 0. The highest BCUT2D eigenvalue weighted by molar-refractivity contribution is 5.46. The van der Waals surface area contributed by atoms with Crippen LogP contribution in [0.5, 0.6) is 0 Å². The molecule has 0 aliphatic carbocycles. The van der Waals surface area contributed by atoms with Crippen LogP contribution in [-0.4, -0.2) is 42.6 Å². The molecule has 2 heterocycles. The zero-order valence-corrected chi connectivity index (χ0v) is 10.7. The summed E-state index contributed by atoms with van der Waals surface area (Å²) in [6.07, 6.45) is 1.27. The van der Waals surface area contributed by atoms with Gasteiger partial charge >= 0.3 is 0 Å². The first-order valence-corrected chi connectivity index (χ1v) is 6.09. The molecule has 4 nitrogen and oxygen atoms in total. The number of aryl methyl sites for hydroxylation is 1. The Kier molecular flexibility index (Phi) is 3.81. The van der Waals surface area contributed by atoms with Crippen LogP contribution in [-0.2, 0) is 0 Å². The fourth-order valence-corrected chi connectivity index (χ4v) is 2.27. The van der Waals surface area contributed by atoms with Crippen molar-refractivity contribution in [3.05, 3.63) is 35.9 Å². The summed E-state index contributed by atoms with van der Waals surface area (Å²) in [7, 11) is 0. The van der Waals surface area contributed by atoms with E-state index < -0.39 is 0 Å². The fourth-order valence-electron chi connectivity index (χ4n) is 2.27. The SMILES string of the molecule is C=C(N)CN1CCN(c2ncc(F)cc2C)CC1. The lowest BCUT2D eigenvalue weighted by Gasteiger charge is -2.35.